The van der Waals surface area contributed by atoms with E-state index < -0.39 is 29.7 Å². The zero-order valence-electron chi connectivity index (χ0n) is 25.7. The highest BCUT2D eigenvalue weighted by Crippen LogP contribution is 2.32. The van der Waals surface area contributed by atoms with Crippen LogP contribution in [-0.4, -0.2) is 45.6 Å². The Morgan fingerprint density at radius 1 is 0.925 bits per heavy atom. The van der Waals surface area contributed by atoms with Gasteiger partial charge in [-0.15, -0.1) is 0 Å². The molecule has 0 radical (unpaired) electrons. The van der Waals surface area contributed by atoms with Crippen molar-refractivity contribution in [2.45, 2.75) is 106 Å². The smallest absolute Gasteiger partial charge is 0.408 e. The van der Waals surface area contributed by atoms with Gasteiger partial charge in [0.05, 0.1) is 0 Å². The van der Waals surface area contributed by atoms with Gasteiger partial charge in [-0.05, 0) is 109 Å². The van der Waals surface area contributed by atoms with Gasteiger partial charge in [-0.1, -0.05) is 38.1 Å². The molecule has 0 saturated carbocycles. The minimum absolute atomic E-state index is 0.100. The SMILES string of the molecule is Cc1cc(C(C(=O)Nc2c(C)cccc2C)N(C(=O)C(C)NC(=O)OC(C)(C)C)C(C)CCC(C)C)ccc1O. The van der Waals surface area contributed by atoms with E-state index in [-0.39, 0.29) is 17.7 Å². The fraction of sp³-hybridized carbons (Fsp3) is 0.531. The predicted octanol–water partition coefficient (Wildman–Crippen LogP) is 6.56. The lowest BCUT2D eigenvalue weighted by Gasteiger charge is -2.38. The van der Waals surface area contributed by atoms with Gasteiger partial charge in [0.2, 0.25) is 5.91 Å². The van der Waals surface area contributed by atoms with Crippen molar-refractivity contribution in [1.29, 1.82) is 0 Å². The minimum Gasteiger partial charge on any atom is -0.508 e. The third-order valence-electron chi connectivity index (χ3n) is 6.79. The van der Waals surface area contributed by atoms with E-state index in [4.69, 9.17) is 4.74 Å². The zero-order valence-corrected chi connectivity index (χ0v) is 25.7. The highest BCUT2D eigenvalue weighted by atomic mass is 16.6. The fourth-order valence-corrected chi connectivity index (χ4v) is 4.57. The molecule has 0 aliphatic heterocycles. The molecule has 8 heteroatoms. The monoisotopic (exact) mass is 553 g/mol. The number of nitrogens with zero attached hydrogens (tertiary/aromatic N) is 1. The van der Waals surface area contributed by atoms with Crippen LogP contribution in [0.15, 0.2) is 36.4 Å². The molecule has 8 nitrogen and oxygen atoms in total. The van der Waals surface area contributed by atoms with Crippen molar-refractivity contribution in [3.8, 4) is 5.75 Å². The number of hydrogen-bond donors (Lipinski definition) is 3. The van der Waals surface area contributed by atoms with E-state index in [1.54, 1.807) is 51.7 Å². The summed E-state index contributed by atoms with van der Waals surface area (Å²) in [6, 6.07) is 8.39. The first kappa shape index (κ1) is 32.7. The maximum Gasteiger partial charge on any atom is 0.408 e. The largest absolute Gasteiger partial charge is 0.508 e. The average molecular weight is 554 g/mol. The number of phenolic OH excluding ortho intramolecular Hbond substituents is 1. The lowest BCUT2D eigenvalue weighted by molar-refractivity contribution is -0.143. The number of carbonyl (C=O) groups is 3. The number of anilines is 1. The summed E-state index contributed by atoms with van der Waals surface area (Å²) < 4.78 is 5.38. The zero-order chi connectivity index (χ0) is 30.4. The van der Waals surface area contributed by atoms with Crippen LogP contribution in [0.4, 0.5) is 10.5 Å². The Bertz CT molecular complexity index is 1180. The molecule has 2 aromatic carbocycles. The van der Waals surface area contributed by atoms with E-state index in [0.29, 0.717) is 29.2 Å². The Morgan fingerprint density at radius 2 is 1.52 bits per heavy atom. The van der Waals surface area contributed by atoms with Gasteiger partial charge in [0.15, 0.2) is 0 Å². The molecule has 40 heavy (non-hydrogen) atoms. The predicted molar refractivity (Wildman–Crippen MR) is 159 cm³/mol. The van der Waals surface area contributed by atoms with Gasteiger partial charge >= 0.3 is 6.09 Å². The van der Waals surface area contributed by atoms with E-state index in [1.165, 1.54) is 6.07 Å². The summed E-state index contributed by atoms with van der Waals surface area (Å²) in [5.41, 5.74) is 2.92. The Labute approximate surface area is 239 Å². The lowest BCUT2D eigenvalue weighted by atomic mass is 9.96. The molecule has 0 aliphatic rings. The Hall–Kier alpha value is -3.55. The summed E-state index contributed by atoms with van der Waals surface area (Å²) in [6.45, 7) is 18.6. The molecular formula is C32H47N3O5. The summed E-state index contributed by atoms with van der Waals surface area (Å²) >= 11 is 0. The number of carbonyl (C=O) groups excluding carboxylic acids is 3. The molecule has 0 fully saturated rings. The molecule has 220 valence electrons. The number of alkyl carbamates (subject to hydrolysis) is 1. The van der Waals surface area contributed by atoms with E-state index in [1.807, 2.05) is 39.0 Å². The Kier molecular flexibility index (Phi) is 11.2. The third kappa shape index (κ3) is 9.00. The number of nitrogens with one attached hydrogen (secondary N) is 2. The minimum atomic E-state index is -1.02. The van der Waals surface area contributed by atoms with Crippen molar-refractivity contribution < 1.29 is 24.2 Å². The second-order valence-electron chi connectivity index (χ2n) is 12.1. The number of amides is 3. The second-order valence-corrected chi connectivity index (χ2v) is 12.1. The van der Waals surface area contributed by atoms with Gasteiger partial charge < -0.3 is 25.4 Å². The topological polar surface area (TPSA) is 108 Å². The molecule has 0 spiro atoms. The first-order valence-corrected chi connectivity index (χ1v) is 14.0. The summed E-state index contributed by atoms with van der Waals surface area (Å²) in [5, 5.41) is 15.9. The molecule has 0 aromatic heterocycles. The normalized spacial score (nSPS) is 13.8. The quantitative estimate of drug-likeness (QED) is 0.309. The maximum atomic E-state index is 14.2. The summed E-state index contributed by atoms with van der Waals surface area (Å²) in [5.74, 6) is -0.288. The first-order valence-electron chi connectivity index (χ1n) is 14.0. The summed E-state index contributed by atoms with van der Waals surface area (Å²) in [6.07, 6.45) is 0.797. The Morgan fingerprint density at radius 3 is 2.05 bits per heavy atom. The van der Waals surface area contributed by atoms with Crippen LogP contribution < -0.4 is 10.6 Å². The number of aryl methyl sites for hydroxylation is 3. The number of benzene rings is 2. The second kappa shape index (κ2) is 13.7. The van der Waals surface area contributed by atoms with Crippen LogP contribution in [0.2, 0.25) is 0 Å². The molecule has 3 unspecified atom stereocenters. The molecule has 2 aromatic rings. The molecule has 0 heterocycles. The molecule has 3 N–H and O–H groups in total. The average Bonchev–Trinajstić information content (AvgIpc) is 2.83. The van der Waals surface area contributed by atoms with Crippen LogP contribution in [0.25, 0.3) is 0 Å². The summed E-state index contributed by atoms with van der Waals surface area (Å²) in [4.78, 5) is 42.4. The van der Waals surface area contributed by atoms with Gasteiger partial charge in [0, 0.05) is 11.7 Å². The molecule has 0 bridgehead atoms. The number of ether oxygens (including phenoxy) is 1. The Balaban J connectivity index is 2.60. The summed E-state index contributed by atoms with van der Waals surface area (Å²) in [7, 11) is 0. The van der Waals surface area contributed by atoms with Crippen molar-refractivity contribution in [3.63, 3.8) is 0 Å². The van der Waals surface area contributed by atoms with Gasteiger partial charge in [0.25, 0.3) is 5.91 Å². The van der Waals surface area contributed by atoms with Crippen molar-refractivity contribution in [2.75, 3.05) is 5.32 Å². The van der Waals surface area contributed by atoms with Crippen LogP contribution in [0, 0.1) is 26.7 Å². The molecule has 0 aliphatic carbocycles. The number of hydrogen-bond acceptors (Lipinski definition) is 5. The van der Waals surface area contributed by atoms with Crippen LogP contribution >= 0.6 is 0 Å². The van der Waals surface area contributed by atoms with Crippen molar-refractivity contribution >= 4 is 23.6 Å². The molecular weight excluding hydrogens is 506 g/mol. The van der Waals surface area contributed by atoms with Gasteiger partial charge in [-0.3, -0.25) is 9.59 Å². The highest BCUT2D eigenvalue weighted by molar-refractivity contribution is 6.00. The van der Waals surface area contributed by atoms with Crippen molar-refractivity contribution in [1.82, 2.24) is 10.2 Å². The number of para-hydroxylation sites is 1. The number of rotatable bonds is 10. The van der Waals surface area contributed by atoms with Gasteiger partial charge in [0.1, 0.15) is 23.4 Å². The molecule has 0 saturated heterocycles. The highest BCUT2D eigenvalue weighted by Gasteiger charge is 2.38. The van der Waals surface area contributed by atoms with Gasteiger partial charge in [-0.2, -0.15) is 0 Å². The van der Waals surface area contributed by atoms with E-state index in [2.05, 4.69) is 24.5 Å². The standard InChI is InChI=1S/C32H47N3O5/c1-19(2)14-15-23(6)35(30(38)24(7)33-31(39)40-32(8,9)10)28(25-16-17-26(36)22(5)18-25)29(37)34-27-20(3)12-11-13-21(27)4/h11-13,16-19,23-24,28,36H,14-15H2,1-10H3,(H,33,39)(H,34,37). The molecule has 2 rings (SSSR count). The van der Waals surface area contributed by atoms with Crippen LogP contribution in [0.3, 0.4) is 0 Å². The van der Waals surface area contributed by atoms with Crippen LogP contribution in [-0.2, 0) is 14.3 Å². The molecule has 3 amide bonds. The number of aromatic hydroxyl groups is 1. The first-order chi connectivity index (χ1) is 18.5. The van der Waals surface area contributed by atoms with E-state index >= 15 is 0 Å². The lowest BCUT2D eigenvalue weighted by Crippen LogP contribution is -2.54. The van der Waals surface area contributed by atoms with E-state index in [9.17, 15) is 19.5 Å². The van der Waals surface area contributed by atoms with Gasteiger partial charge in [-0.25, -0.2) is 4.79 Å². The van der Waals surface area contributed by atoms with Crippen molar-refractivity contribution in [3.05, 3.63) is 58.7 Å². The van der Waals surface area contributed by atoms with Crippen LogP contribution in [0.5, 0.6) is 5.75 Å². The third-order valence-corrected chi connectivity index (χ3v) is 6.79. The maximum absolute atomic E-state index is 14.2. The number of phenols is 1. The molecule has 3 atom stereocenters. The fourth-order valence-electron chi connectivity index (χ4n) is 4.57. The van der Waals surface area contributed by atoms with Crippen molar-refractivity contribution in [2.24, 2.45) is 5.92 Å². The van der Waals surface area contributed by atoms with Crippen LogP contribution in [0.1, 0.15) is 89.6 Å². The van der Waals surface area contributed by atoms with E-state index in [0.717, 1.165) is 17.5 Å².